The standard InChI is InChI=1S/C14H13ClOS/c1-10-3-2-4-11(9-10)5-6-12(16)13-7-8-14(15)17-13/h2-4,7-9H,5-6H2,1H3. The van der Waals surface area contributed by atoms with Gasteiger partial charge >= 0.3 is 0 Å². The predicted octanol–water partition coefficient (Wildman–Crippen LogP) is 4.53. The van der Waals surface area contributed by atoms with Crippen molar-refractivity contribution < 1.29 is 4.79 Å². The fraction of sp³-hybridized carbons (Fsp3) is 0.214. The van der Waals surface area contributed by atoms with Gasteiger partial charge in [0.05, 0.1) is 9.21 Å². The molecular formula is C14H13ClOS. The molecule has 0 aliphatic heterocycles. The van der Waals surface area contributed by atoms with Crippen molar-refractivity contribution in [1.29, 1.82) is 0 Å². The van der Waals surface area contributed by atoms with E-state index in [-0.39, 0.29) is 5.78 Å². The van der Waals surface area contributed by atoms with E-state index in [1.807, 2.05) is 6.07 Å². The second-order valence-corrected chi connectivity index (χ2v) is 5.73. The zero-order valence-corrected chi connectivity index (χ0v) is 11.1. The lowest BCUT2D eigenvalue weighted by atomic mass is 10.1. The molecule has 0 atom stereocenters. The molecule has 2 rings (SSSR count). The minimum absolute atomic E-state index is 0.170. The van der Waals surface area contributed by atoms with E-state index in [1.165, 1.54) is 22.5 Å². The van der Waals surface area contributed by atoms with Crippen LogP contribution < -0.4 is 0 Å². The van der Waals surface area contributed by atoms with Gasteiger partial charge in [0, 0.05) is 6.42 Å². The molecule has 0 bridgehead atoms. The maximum atomic E-state index is 11.9. The molecule has 88 valence electrons. The zero-order chi connectivity index (χ0) is 12.3. The third-order valence-corrected chi connectivity index (χ3v) is 3.84. The first-order chi connectivity index (χ1) is 8.15. The Morgan fingerprint density at radius 1 is 1.29 bits per heavy atom. The quantitative estimate of drug-likeness (QED) is 0.742. The summed E-state index contributed by atoms with van der Waals surface area (Å²) in [6.07, 6.45) is 1.33. The number of aryl methyl sites for hydroxylation is 2. The fourth-order valence-corrected chi connectivity index (χ4v) is 2.72. The summed E-state index contributed by atoms with van der Waals surface area (Å²) in [5, 5.41) is 0. The monoisotopic (exact) mass is 264 g/mol. The van der Waals surface area contributed by atoms with Crippen LogP contribution >= 0.6 is 22.9 Å². The second-order valence-electron chi connectivity index (χ2n) is 4.02. The molecule has 1 heterocycles. The van der Waals surface area contributed by atoms with E-state index in [2.05, 4.69) is 25.1 Å². The van der Waals surface area contributed by atoms with Crippen LogP contribution in [0, 0.1) is 6.92 Å². The number of benzene rings is 1. The summed E-state index contributed by atoms with van der Waals surface area (Å²) in [5.74, 6) is 0.170. The molecule has 1 aromatic carbocycles. The maximum absolute atomic E-state index is 11.9. The molecule has 17 heavy (non-hydrogen) atoms. The van der Waals surface area contributed by atoms with Gasteiger partial charge in [-0.3, -0.25) is 4.79 Å². The highest BCUT2D eigenvalue weighted by Crippen LogP contribution is 2.23. The van der Waals surface area contributed by atoms with Crippen molar-refractivity contribution in [2.24, 2.45) is 0 Å². The van der Waals surface area contributed by atoms with Crippen LogP contribution in [0.5, 0.6) is 0 Å². The van der Waals surface area contributed by atoms with Crippen LogP contribution in [0.15, 0.2) is 36.4 Å². The lowest BCUT2D eigenvalue weighted by Gasteiger charge is -2.01. The summed E-state index contributed by atoms with van der Waals surface area (Å²) < 4.78 is 0.670. The van der Waals surface area contributed by atoms with E-state index in [1.54, 1.807) is 12.1 Å². The molecule has 0 saturated heterocycles. The number of ketones is 1. The highest BCUT2D eigenvalue weighted by molar-refractivity contribution is 7.18. The van der Waals surface area contributed by atoms with Crippen LogP contribution in [0.4, 0.5) is 0 Å². The summed E-state index contributed by atoms with van der Waals surface area (Å²) >= 11 is 7.16. The first kappa shape index (κ1) is 12.3. The van der Waals surface area contributed by atoms with Crippen LogP contribution in [0.3, 0.4) is 0 Å². The van der Waals surface area contributed by atoms with Gasteiger partial charge in [-0.1, -0.05) is 41.4 Å². The molecule has 0 aliphatic carbocycles. The van der Waals surface area contributed by atoms with E-state index < -0.39 is 0 Å². The average molecular weight is 265 g/mol. The van der Waals surface area contributed by atoms with Crippen molar-refractivity contribution in [2.75, 3.05) is 0 Å². The number of hydrogen-bond acceptors (Lipinski definition) is 2. The Hall–Kier alpha value is -1.12. The normalized spacial score (nSPS) is 10.5. The third-order valence-electron chi connectivity index (χ3n) is 2.57. The predicted molar refractivity (Wildman–Crippen MR) is 73.2 cm³/mol. The SMILES string of the molecule is Cc1cccc(CCC(=O)c2ccc(Cl)s2)c1. The highest BCUT2D eigenvalue weighted by Gasteiger charge is 2.08. The van der Waals surface area contributed by atoms with Gasteiger partial charge in [-0.05, 0) is 31.0 Å². The Labute approximate surface area is 110 Å². The van der Waals surface area contributed by atoms with Crippen molar-refractivity contribution >= 4 is 28.7 Å². The Morgan fingerprint density at radius 3 is 2.76 bits per heavy atom. The van der Waals surface area contributed by atoms with Gasteiger partial charge in [0.1, 0.15) is 0 Å². The number of rotatable bonds is 4. The molecular weight excluding hydrogens is 252 g/mol. The van der Waals surface area contributed by atoms with E-state index in [0.29, 0.717) is 10.8 Å². The van der Waals surface area contributed by atoms with Crippen LogP contribution in [-0.4, -0.2) is 5.78 Å². The van der Waals surface area contributed by atoms with Gasteiger partial charge < -0.3 is 0 Å². The first-order valence-electron chi connectivity index (χ1n) is 5.49. The summed E-state index contributed by atoms with van der Waals surface area (Å²) in [5.41, 5.74) is 2.44. The Morgan fingerprint density at radius 2 is 2.12 bits per heavy atom. The number of halogens is 1. The van der Waals surface area contributed by atoms with E-state index in [9.17, 15) is 4.79 Å². The molecule has 0 amide bonds. The Bertz CT molecular complexity index is 531. The van der Waals surface area contributed by atoms with Crippen molar-refractivity contribution in [3.8, 4) is 0 Å². The second kappa shape index (κ2) is 5.48. The number of carbonyl (C=O) groups excluding carboxylic acids is 1. The maximum Gasteiger partial charge on any atom is 0.173 e. The molecule has 0 saturated carbocycles. The summed E-state index contributed by atoms with van der Waals surface area (Å²) in [6, 6.07) is 11.8. The molecule has 0 spiro atoms. The van der Waals surface area contributed by atoms with Gasteiger partial charge in [-0.15, -0.1) is 11.3 Å². The van der Waals surface area contributed by atoms with Crippen molar-refractivity contribution in [3.05, 3.63) is 56.7 Å². The molecule has 1 nitrogen and oxygen atoms in total. The number of carbonyl (C=O) groups is 1. The van der Waals surface area contributed by atoms with E-state index >= 15 is 0 Å². The van der Waals surface area contributed by atoms with Gasteiger partial charge in [-0.25, -0.2) is 0 Å². The summed E-state index contributed by atoms with van der Waals surface area (Å²) in [6.45, 7) is 2.06. The Kier molecular flexibility index (Phi) is 3.97. The van der Waals surface area contributed by atoms with Crippen LogP contribution in [0.2, 0.25) is 4.34 Å². The lowest BCUT2D eigenvalue weighted by Crippen LogP contribution is -1.98. The molecule has 0 N–H and O–H groups in total. The fourth-order valence-electron chi connectivity index (χ4n) is 1.71. The van der Waals surface area contributed by atoms with Crippen LogP contribution in [-0.2, 0) is 6.42 Å². The van der Waals surface area contributed by atoms with Gasteiger partial charge in [-0.2, -0.15) is 0 Å². The molecule has 0 fully saturated rings. The molecule has 3 heteroatoms. The largest absolute Gasteiger partial charge is 0.293 e. The van der Waals surface area contributed by atoms with Gasteiger partial charge in [0.2, 0.25) is 0 Å². The van der Waals surface area contributed by atoms with Crippen molar-refractivity contribution in [3.63, 3.8) is 0 Å². The van der Waals surface area contributed by atoms with Gasteiger partial charge in [0.25, 0.3) is 0 Å². The van der Waals surface area contributed by atoms with E-state index in [0.717, 1.165) is 11.3 Å². The highest BCUT2D eigenvalue weighted by atomic mass is 35.5. The number of hydrogen-bond donors (Lipinski definition) is 0. The topological polar surface area (TPSA) is 17.1 Å². The van der Waals surface area contributed by atoms with Crippen molar-refractivity contribution in [2.45, 2.75) is 19.8 Å². The number of Topliss-reactive ketones (excluding diaryl/α,β-unsaturated/α-hetero) is 1. The van der Waals surface area contributed by atoms with Gasteiger partial charge in [0.15, 0.2) is 5.78 Å². The number of thiophene rings is 1. The summed E-state index contributed by atoms with van der Waals surface area (Å²) in [4.78, 5) is 12.6. The third kappa shape index (κ3) is 3.42. The smallest absolute Gasteiger partial charge is 0.173 e. The molecule has 0 radical (unpaired) electrons. The molecule has 1 aromatic heterocycles. The van der Waals surface area contributed by atoms with Crippen LogP contribution in [0.25, 0.3) is 0 Å². The van der Waals surface area contributed by atoms with Crippen LogP contribution in [0.1, 0.15) is 27.2 Å². The van der Waals surface area contributed by atoms with E-state index in [4.69, 9.17) is 11.6 Å². The lowest BCUT2D eigenvalue weighted by molar-refractivity contribution is 0.0986. The minimum atomic E-state index is 0.170. The average Bonchev–Trinajstić information content (AvgIpc) is 2.73. The zero-order valence-electron chi connectivity index (χ0n) is 9.57. The minimum Gasteiger partial charge on any atom is -0.293 e. The Balaban J connectivity index is 1.97. The first-order valence-corrected chi connectivity index (χ1v) is 6.68. The molecule has 2 aromatic rings. The molecule has 0 unspecified atom stereocenters. The summed E-state index contributed by atoms with van der Waals surface area (Å²) in [7, 11) is 0. The van der Waals surface area contributed by atoms with Crippen molar-refractivity contribution in [1.82, 2.24) is 0 Å². The molecule has 0 aliphatic rings.